The Morgan fingerprint density at radius 1 is 1.00 bits per heavy atom. The number of carbonyl (C=O) groups excluding carboxylic acids is 3. The van der Waals surface area contributed by atoms with E-state index in [1.54, 1.807) is 4.90 Å². The minimum absolute atomic E-state index is 0.0635. The van der Waals surface area contributed by atoms with Gasteiger partial charge in [-0.15, -0.1) is 0 Å². The molecule has 2 atom stereocenters. The fourth-order valence-corrected chi connectivity index (χ4v) is 4.66. The van der Waals surface area contributed by atoms with Gasteiger partial charge in [-0.1, -0.05) is 61.5 Å². The van der Waals surface area contributed by atoms with Crippen molar-refractivity contribution in [3.8, 4) is 11.1 Å². The van der Waals surface area contributed by atoms with Gasteiger partial charge >= 0.3 is 0 Å². The summed E-state index contributed by atoms with van der Waals surface area (Å²) in [4.78, 5) is 41.6. The minimum atomic E-state index is -0.457. The van der Waals surface area contributed by atoms with Crippen molar-refractivity contribution in [3.63, 3.8) is 0 Å². The van der Waals surface area contributed by atoms with Crippen LogP contribution in [0, 0.1) is 5.92 Å². The summed E-state index contributed by atoms with van der Waals surface area (Å²) < 4.78 is 0. The third-order valence-corrected chi connectivity index (χ3v) is 6.38. The second-order valence-electron chi connectivity index (χ2n) is 8.73. The molecule has 0 bridgehead atoms. The minimum Gasteiger partial charge on any atom is -0.344 e. The number of carbonyl (C=O) groups is 3. The van der Waals surface area contributed by atoms with Crippen molar-refractivity contribution in [2.45, 2.75) is 38.6 Å². The first-order valence-electron chi connectivity index (χ1n) is 11.6. The predicted octanol–water partition coefficient (Wildman–Crippen LogP) is 2.87. The molecule has 4 rings (SSSR count). The normalized spacial score (nSPS) is 21.4. The Bertz CT molecular complexity index is 958. The van der Waals surface area contributed by atoms with E-state index >= 15 is 0 Å². The summed E-state index contributed by atoms with van der Waals surface area (Å²) in [5.74, 6) is -0.305. The molecular formula is C26H31N3O3. The molecule has 2 aromatic carbocycles. The first kappa shape index (κ1) is 22.1. The summed E-state index contributed by atoms with van der Waals surface area (Å²) in [6.07, 6.45) is 2.40. The van der Waals surface area contributed by atoms with Gasteiger partial charge in [0.2, 0.25) is 17.7 Å². The molecule has 0 radical (unpaired) electrons. The number of hydrogen-bond donors (Lipinski definition) is 1. The van der Waals surface area contributed by atoms with E-state index in [4.69, 9.17) is 0 Å². The van der Waals surface area contributed by atoms with Gasteiger partial charge in [0.15, 0.2) is 0 Å². The van der Waals surface area contributed by atoms with Gasteiger partial charge in [-0.3, -0.25) is 14.4 Å². The number of rotatable bonds is 6. The van der Waals surface area contributed by atoms with Crippen LogP contribution in [0.2, 0.25) is 0 Å². The molecule has 6 heteroatoms. The van der Waals surface area contributed by atoms with Crippen LogP contribution in [0.4, 0.5) is 0 Å². The molecule has 168 valence electrons. The Morgan fingerprint density at radius 2 is 1.72 bits per heavy atom. The van der Waals surface area contributed by atoms with Crippen LogP contribution in [0.3, 0.4) is 0 Å². The summed E-state index contributed by atoms with van der Waals surface area (Å²) in [6, 6.07) is 18.1. The smallest absolute Gasteiger partial charge is 0.245 e. The molecule has 0 spiro atoms. The van der Waals surface area contributed by atoms with Crippen molar-refractivity contribution >= 4 is 17.7 Å². The van der Waals surface area contributed by atoms with Crippen molar-refractivity contribution < 1.29 is 14.4 Å². The molecule has 6 nitrogen and oxygen atoms in total. The zero-order valence-electron chi connectivity index (χ0n) is 18.6. The first-order valence-corrected chi connectivity index (χ1v) is 11.6. The zero-order chi connectivity index (χ0) is 22.5. The number of nitrogens with one attached hydrogen (secondary N) is 1. The van der Waals surface area contributed by atoms with Gasteiger partial charge in [0.05, 0.1) is 5.92 Å². The molecule has 2 aliphatic heterocycles. The number of amides is 3. The van der Waals surface area contributed by atoms with Crippen molar-refractivity contribution in [1.82, 2.24) is 15.1 Å². The fourth-order valence-electron chi connectivity index (χ4n) is 4.66. The third-order valence-electron chi connectivity index (χ3n) is 6.38. The van der Waals surface area contributed by atoms with Crippen molar-refractivity contribution in [2.75, 3.05) is 26.2 Å². The maximum atomic E-state index is 13.3. The van der Waals surface area contributed by atoms with E-state index in [1.165, 1.54) is 0 Å². The molecule has 1 N–H and O–H groups in total. The highest BCUT2D eigenvalue weighted by atomic mass is 16.2. The van der Waals surface area contributed by atoms with Crippen molar-refractivity contribution in [3.05, 3.63) is 60.2 Å². The maximum absolute atomic E-state index is 13.3. The highest BCUT2D eigenvalue weighted by Crippen LogP contribution is 2.23. The van der Waals surface area contributed by atoms with E-state index in [1.807, 2.05) is 23.1 Å². The molecule has 2 fully saturated rings. The summed E-state index contributed by atoms with van der Waals surface area (Å²) in [5, 5.41) is 2.78. The maximum Gasteiger partial charge on any atom is 0.245 e. The van der Waals surface area contributed by atoms with Gasteiger partial charge in [0.25, 0.3) is 0 Å². The van der Waals surface area contributed by atoms with Crippen LogP contribution in [0.1, 0.15) is 31.7 Å². The van der Waals surface area contributed by atoms with Gasteiger partial charge in [0.1, 0.15) is 6.04 Å². The Kier molecular flexibility index (Phi) is 6.88. The molecule has 2 heterocycles. The van der Waals surface area contributed by atoms with Gasteiger partial charge in [-0.05, 0) is 36.0 Å². The lowest BCUT2D eigenvalue weighted by Gasteiger charge is -2.26. The van der Waals surface area contributed by atoms with Crippen molar-refractivity contribution in [2.24, 2.45) is 5.92 Å². The molecule has 2 aliphatic rings. The second-order valence-corrected chi connectivity index (χ2v) is 8.73. The average Bonchev–Trinajstić information content (AvgIpc) is 3.20. The predicted molar refractivity (Wildman–Crippen MR) is 124 cm³/mol. The summed E-state index contributed by atoms with van der Waals surface area (Å²) in [7, 11) is 0. The SMILES string of the molecule is CCCN1CCN(C(=O)[C@@H]2CCC(=O)N2)C[C@H](Cc2ccc(-c3ccccc3)cc2)C1=O. The standard InChI is InChI=1S/C26H31N3O3/c1-2-14-28-15-16-29(26(32)23-12-13-24(30)27-23)18-22(25(28)31)17-19-8-10-21(11-9-19)20-6-4-3-5-7-20/h3-11,22-23H,2,12-18H2,1H3,(H,27,30)/t22-,23-/m0/s1. The molecule has 3 amide bonds. The van der Waals surface area contributed by atoms with Gasteiger partial charge in [0, 0.05) is 32.6 Å². The van der Waals surface area contributed by atoms with Gasteiger partial charge in [-0.25, -0.2) is 0 Å². The Labute approximate surface area is 189 Å². The van der Waals surface area contributed by atoms with Gasteiger partial charge in [-0.2, -0.15) is 0 Å². The number of nitrogens with zero attached hydrogens (tertiary/aromatic N) is 2. The van der Waals surface area contributed by atoms with Crippen molar-refractivity contribution in [1.29, 1.82) is 0 Å². The Morgan fingerprint density at radius 3 is 2.38 bits per heavy atom. The lowest BCUT2D eigenvalue weighted by molar-refractivity contribution is -0.136. The monoisotopic (exact) mass is 433 g/mol. The molecule has 0 aliphatic carbocycles. The van der Waals surface area contributed by atoms with Crippen LogP contribution in [0.15, 0.2) is 54.6 Å². The molecule has 0 unspecified atom stereocenters. The highest BCUT2D eigenvalue weighted by molar-refractivity contribution is 5.91. The Balaban J connectivity index is 1.50. The van der Waals surface area contributed by atoms with Crippen LogP contribution < -0.4 is 5.32 Å². The fraction of sp³-hybridized carbons (Fsp3) is 0.423. The lowest BCUT2D eigenvalue weighted by atomic mass is 9.95. The summed E-state index contributed by atoms with van der Waals surface area (Å²) >= 11 is 0. The average molecular weight is 434 g/mol. The first-order chi connectivity index (χ1) is 15.5. The van der Waals surface area contributed by atoms with E-state index in [0.717, 1.165) is 23.1 Å². The van der Waals surface area contributed by atoms with E-state index in [2.05, 4.69) is 48.6 Å². The van der Waals surface area contributed by atoms with Crippen LogP contribution in [0.25, 0.3) is 11.1 Å². The molecule has 2 saturated heterocycles. The summed E-state index contributed by atoms with van der Waals surface area (Å²) in [5.41, 5.74) is 3.39. The van der Waals surface area contributed by atoms with Gasteiger partial charge < -0.3 is 15.1 Å². The molecule has 0 aromatic heterocycles. The van der Waals surface area contributed by atoms with E-state index in [-0.39, 0.29) is 23.6 Å². The second kappa shape index (κ2) is 9.98. The highest BCUT2D eigenvalue weighted by Gasteiger charge is 2.36. The molecule has 32 heavy (non-hydrogen) atoms. The van der Waals surface area contributed by atoms with E-state index < -0.39 is 6.04 Å². The third kappa shape index (κ3) is 5.01. The molecule has 0 saturated carbocycles. The number of hydrogen-bond acceptors (Lipinski definition) is 3. The van der Waals surface area contributed by atoms with Crippen LogP contribution in [0.5, 0.6) is 0 Å². The van der Waals surface area contributed by atoms with Crippen LogP contribution in [-0.2, 0) is 20.8 Å². The largest absolute Gasteiger partial charge is 0.344 e. The molecular weight excluding hydrogens is 402 g/mol. The molecule has 2 aromatic rings. The Hall–Kier alpha value is -3.15. The number of benzene rings is 2. The summed E-state index contributed by atoms with van der Waals surface area (Å²) in [6.45, 7) is 4.21. The topological polar surface area (TPSA) is 69.7 Å². The van der Waals surface area contributed by atoms with E-state index in [9.17, 15) is 14.4 Å². The quantitative estimate of drug-likeness (QED) is 0.762. The van der Waals surface area contributed by atoms with Crippen LogP contribution in [-0.4, -0.2) is 59.7 Å². The van der Waals surface area contributed by atoms with E-state index in [0.29, 0.717) is 45.4 Å². The van der Waals surface area contributed by atoms with Crippen LogP contribution >= 0.6 is 0 Å². The zero-order valence-corrected chi connectivity index (χ0v) is 18.6. The lowest BCUT2D eigenvalue weighted by Crippen LogP contribution is -2.46.